The number of nitrogens with zero attached hydrogens (tertiary/aromatic N) is 4. The van der Waals surface area contributed by atoms with Gasteiger partial charge in [0, 0.05) is 97.1 Å². The van der Waals surface area contributed by atoms with E-state index in [1.165, 1.54) is 9.58 Å². The summed E-state index contributed by atoms with van der Waals surface area (Å²) < 4.78 is 22.0. The number of ether oxygens (including phenoxy) is 3. The molecule has 20 nitrogen and oxygen atoms in total. The number of urea groups is 1. The standard InChI is InChI=1S/C67H77N9O11.CH3/c1-42(2)61(72-56(78)29-32-85-34-36-87-37-35-86-33-31-74-57(79)38-44(4)65(74)82)55(77)40-50(16-13-30-70-67(69)84)64(81)71-51-25-21-46(22-26-51)41-75-45(5)20-23-48-39-49(24-28-54(48)75)58-43(3)19-27-53(60(58)68)63(80)59-62(47-14-9-7-10-15-47)73(6)76(66(59)83)52-17-11-8-12-18-52;/h7-12,14-15,17-28,39,42,44,50,61H,13,16,29-38,40-41H2,1-6H3,(H6-,68,69,70,71,72,78,80,81,84);1H3/q;-1/p+1/t44?,50-,61+;/m1./s1. The predicted molar refractivity (Wildman–Crippen MR) is 338 cm³/mol. The fourth-order valence-electron chi connectivity index (χ4n) is 11.0. The molecule has 2 aromatic heterocycles. The number of nitrogen functional groups attached to an aromatic ring is 1. The number of Topliss-reactive ketones (excluding diaryl/α,β-unsaturated/α-hetero) is 1. The summed E-state index contributed by atoms with van der Waals surface area (Å²) in [4.78, 5) is 107. The number of carbonyl (C=O) groups is 7. The van der Waals surface area contributed by atoms with E-state index in [4.69, 9.17) is 25.7 Å². The summed E-state index contributed by atoms with van der Waals surface area (Å²) in [6.07, 6.45) is 0.683. The lowest BCUT2D eigenvalue weighted by Crippen LogP contribution is -2.45. The van der Waals surface area contributed by atoms with E-state index in [0.717, 1.165) is 33.3 Å². The molecule has 1 saturated heterocycles. The number of ketones is 2. The molecule has 3 heterocycles. The molecule has 0 spiro atoms. The van der Waals surface area contributed by atoms with Crippen molar-refractivity contribution in [2.45, 2.75) is 79.3 Å². The molecule has 0 saturated carbocycles. The fraction of sp³-hybridized carbons (Fsp3) is 0.353. The van der Waals surface area contributed by atoms with Crippen molar-refractivity contribution >= 4 is 63.5 Å². The highest BCUT2D eigenvalue weighted by atomic mass is 16.5. The molecule has 7 aromatic rings. The van der Waals surface area contributed by atoms with Crippen molar-refractivity contribution in [3.63, 3.8) is 0 Å². The van der Waals surface area contributed by atoms with Gasteiger partial charge in [0.2, 0.25) is 34.9 Å². The Morgan fingerprint density at radius 1 is 0.773 bits per heavy atom. The number of imide groups is 1. The minimum atomic E-state index is -0.868. The summed E-state index contributed by atoms with van der Waals surface area (Å²) in [5.74, 6) is -3.30. The maximum Gasteiger partial charge on any atom is 0.312 e. The van der Waals surface area contributed by atoms with E-state index in [2.05, 4.69) is 20.5 Å². The molecule has 0 bridgehead atoms. The molecule has 1 unspecified atom stereocenters. The molecule has 7 N–H and O–H groups in total. The third-order valence-electron chi connectivity index (χ3n) is 15.7. The summed E-state index contributed by atoms with van der Waals surface area (Å²) in [6, 6.07) is 38.2. The first-order valence-corrected chi connectivity index (χ1v) is 29.5. The average molecular weight is 1200 g/mol. The summed E-state index contributed by atoms with van der Waals surface area (Å²) in [7, 11) is 1.77. The van der Waals surface area contributed by atoms with Gasteiger partial charge in [0.1, 0.15) is 5.56 Å². The molecule has 464 valence electrons. The van der Waals surface area contributed by atoms with Gasteiger partial charge in [0.05, 0.1) is 69.3 Å². The molecular formula is C68H81N9O11. The van der Waals surface area contributed by atoms with Crippen LogP contribution in [0.3, 0.4) is 0 Å². The number of rotatable bonds is 30. The third-order valence-corrected chi connectivity index (χ3v) is 15.7. The molecule has 1 aliphatic heterocycles. The number of aryl methyl sites for hydroxylation is 2. The molecule has 6 amide bonds. The van der Waals surface area contributed by atoms with Crippen molar-refractivity contribution in [1.82, 2.24) is 24.9 Å². The number of fused-ring (bicyclic) bond motifs is 1. The van der Waals surface area contributed by atoms with Gasteiger partial charge in [0.15, 0.2) is 18.0 Å². The molecular weight excluding hydrogens is 1120 g/mol. The van der Waals surface area contributed by atoms with E-state index in [-0.39, 0.29) is 144 Å². The highest BCUT2D eigenvalue weighted by Gasteiger charge is 2.35. The van der Waals surface area contributed by atoms with Crippen LogP contribution in [-0.2, 0) is 51.8 Å². The van der Waals surface area contributed by atoms with Gasteiger partial charge in [0.25, 0.3) is 5.56 Å². The quantitative estimate of drug-likeness (QED) is 0.00720. The van der Waals surface area contributed by atoms with Crippen LogP contribution in [-0.4, -0.2) is 114 Å². The number of benzene rings is 5. The zero-order valence-electron chi connectivity index (χ0n) is 51.3. The monoisotopic (exact) mass is 1200 g/mol. The second-order valence-electron chi connectivity index (χ2n) is 22.3. The number of nitrogens with one attached hydrogen (secondary N) is 3. The van der Waals surface area contributed by atoms with E-state index in [0.29, 0.717) is 41.2 Å². The molecule has 20 heteroatoms. The zero-order valence-corrected chi connectivity index (χ0v) is 51.3. The van der Waals surface area contributed by atoms with Crippen LogP contribution in [0.1, 0.15) is 85.6 Å². The van der Waals surface area contributed by atoms with Crippen LogP contribution < -0.4 is 37.5 Å². The Balaban J connectivity index is 0.0000110. The normalized spacial score (nSPS) is 13.8. The maximum atomic E-state index is 14.8. The highest BCUT2D eigenvalue weighted by molar-refractivity contribution is 6.16. The van der Waals surface area contributed by atoms with E-state index in [9.17, 15) is 38.4 Å². The lowest BCUT2D eigenvalue weighted by atomic mass is 9.89. The number of likely N-dealkylation sites (tertiary alicyclic amines) is 1. The van der Waals surface area contributed by atoms with E-state index in [1.54, 1.807) is 24.7 Å². The first-order chi connectivity index (χ1) is 41.8. The summed E-state index contributed by atoms with van der Waals surface area (Å²) in [6.45, 7) is 11.6. The fourth-order valence-corrected chi connectivity index (χ4v) is 11.0. The van der Waals surface area contributed by atoms with Crippen LogP contribution >= 0.6 is 0 Å². The number of hydrogen-bond donors (Lipinski definition) is 5. The van der Waals surface area contributed by atoms with E-state index >= 15 is 0 Å². The summed E-state index contributed by atoms with van der Waals surface area (Å²) in [5.41, 5.74) is 19.9. The van der Waals surface area contributed by atoms with Crippen LogP contribution in [0, 0.1) is 39.0 Å². The number of anilines is 2. The molecule has 0 radical (unpaired) electrons. The van der Waals surface area contributed by atoms with Crippen LogP contribution in [0.15, 0.2) is 132 Å². The molecule has 1 aliphatic rings. The average Bonchev–Trinajstić information content (AvgIpc) is 1.61. The van der Waals surface area contributed by atoms with Crippen molar-refractivity contribution in [3.05, 3.63) is 173 Å². The molecule has 3 atom stereocenters. The SMILES string of the molecule is Cc1ccc(C(=O)c2c(-c3ccccc3)n(C)n(-c3ccccc3)c2=O)c(N)c1-c1ccc2c(ccc(C)[n+]2Cc2ccc(NC(=O)[C@H](CCCNC(N)=O)CC(=O)[C@@H](NC(=O)CCOCCOCCOCCN3C(=O)CC(C)C3=O)C(C)C)cc2)c1.[CH3-]. The maximum absolute atomic E-state index is 14.8. The number of pyridine rings is 1. The van der Waals surface area contributed by atoms with Gasteiger partial charge in [-0.2, -0.15) is 4.57 Å². The Labute approximate surface area is 513 Å². The lowest BCUT2D eigenvalue weighted by molar-refractivity contribution is -0.668. The molecule has 1 fully saturated rings. The highest BCUT2D eigenvalue weighted by Crippen LogP contribution is 2.36. The molecule has 0 aliphatic carbocycles. The number of primary amides is 1. The van der Waals surface area contributed by atoms with Gasteiger partial charge in [-0.05, 0) is 85.3 Å². The number of nitrogens with two attached hydrogens (primary N) is 2. The Morgan fingerprint density at radius 3 is 2.08 bits per heavy atom. The van der Waals surface area contributed by atoms with Crippen molar-refractivity contribution in [1.29, 1.82) is 0 Å². The largest absolute Gasteiger partial charge is 0.398 e. The number of amides is 6. The Morgan fingerprint density at radius 2 is 1.43 bits per heavy atom. The van der Waals surface area contributed by atoms with Gasteiger partial charge in [-0.15, -0.1) is 0 Å². The Kier molecular flexibility index (Phi) is 23.4. The van der Waals surface area contributed by atoms with E-state index < -0.39 is 29.3 Å². The van der Waals surface area contributed by atoms with Crippen LogP contribution in [0.4, 0.5) is 16.2 Å². The smallest absolute Gasteiger partial charge is 0.312 e. The van der Waals surface area contributed by atoms with Crippen molar-refractivity contribution in [3.8, 4) is 28.1 Å². The van der Waals surface area contributed by atoms with Gasteiger partial charge >= 0.3 is 6.03 Å². The van der Waals surface area contributed by atoms with Gasteiger partial charge in [-0.1, -0.05) is 87.5 Å². The first-order valence-electron chi connectivity index (χ1n) is 29.5. The van der Waals surface area contributed by atoms with Crippen molar-refractivity contribution in [2.24, 2.45) is 30.5 Å². The third kappa shape index (κ3) is 16.3. The predicted octanol–water partition coefficient (Wildman–Crippen LogP) is 7.82. The van der Waals surface area contributed by atoms with E-state index in [1.807, 2.05) is 149 Å². The van der Waals surface area contributed by atoms with Gasteiger partial charge in [-0.25, -0.2) is 9.48 Å². The minimum Gasteiger partial charge on any atom is -0.398 e. The zero-order chi connectivity index (χ0) is 62.3. The second kappa shape index (κ2) is 31.0. The number of carbonyl (C=O) groups excluding carboxylic acids is 7. The van der Waals surface area contributed by atoms with Crippen LogP contribution in [0.25, 0.3) is 39.0 Å². The van der Waals surface area contributed by atoms with Gasteiger partial charge < -0.3 is 49.1 Å². The second-order valence-corrected chi connectivity index (χ2v) is 22.3. The molecule has 8 rings (SSSR count). The topological polar surface area (TPSA) is 269 Å². The molecule has 88 heavy (non-hydrogen) atoms. The Bertz CT molecular complexity index is 3690. The number of hydrogen-bond acceptors (Lipinski definition) is 12. The van der Waals surface area contributed by atoms with Crippen molar-refractivity contribution < 1.29 is 52.3 Å². The Hall–Kier alpha value is -9.11. The van der Waals surface area contributed by atoms with Gasteiger partial charge in [-0.3, -0.25) is 43.1 Å². The summed E-state index contributed by atoms with van der Waals surface area (Å²) >= 11 is 0. The van der Waals surface area contributed by atoms with Crippen LogP contribution in [0.2, 0.25) is 0 Å². The number of aromatic nitrogens is 3. The first kappa shape index (κ1) is 66.4. The lowest BCUT2D eigenvalue weighted by Gasteiger charge is -2.24. The number of para-hydroxylation sites is 1. The van der Waals surface area contributed by atoms with Crippen LogP contribution in [0.5, 0.6) is 0 Å². The van der Waals surface area contributed by atoms with Crippen molar-refractivity contribution in [2.75, 3.05) is 63.8 Å². The molecule has 5 aromatic carbocycles. The minimum absolute atomic E-state index is 0. The summed E-state index contributed by atoms with van der Waals surface area (Å²) in [5, 5.41) is 9.29.